The average Bonchev–Trinajstić information content (AvgIpc) is 3.36. The highest BCUT2D eigenvalue weighted by molar-refractivity contribution is 5.71. The van der Waals surface area contributed by atoms with E-state index >= 15 is 0 Å². The number of rotatable bonds is 58. The summed E-state index contributed by atoms with van der Waals surface area (Å²) in [6, 6.07) is 0. The zero-order valence-electron chi connectivity index (χ0n) is 47.3. The Morgan fingerprint density at radius 3 is 0.714 bits per heavy atom. The number of hydrogen-bond acceptors (Lipinski definition) is 6. The Morgan fingerprint density at radius 2 is 0.471 bits per heavy atom. The predicted molar refractivity (Wildman–Crippen MR) is 303 cm³/mol. The maximum Gasteiger partial charge on any atom is 0.306 e. The Balaban J connectivity index is 4.29. The van der Waals surface area contributed by atoms with Crippen molar-refractivity contribution >= 4 is 17.9 Å². The number of carbonyl (C=O) groups excluding carboxylic acids is 3. The second kappa shape index (κ2) is 59.5. The molecule has 0 N–H and O–H groups in total. The summed E-state index contributed by atoms with van der Waals surface area (Å²) in [6.45, 7) is 6.69. The third kappa shape index (κ3) is 56.8. The molecule has 0 spiro atoms. The van der Waals surface area contributed by atoms with E-state index in [1.165, 1.54) is 250 Å². The molecule has 0 aliphatic rings. The maximum absolute atomic E-state index is 12.9. The van der Waals surface area contributed by atoms with E-state index in [0.717, 1.165) is 57.8 Å². The summed E-state index contributed by atoms with van der Waals surface area (Å²) in [5.74, 6) is -0.851. The van der Waals surface area contributed by atoms with Crippen LogP contribution in [-0.4, -0.2) is 37.2 Å². The smallest absolute Gasteiger partial charge is 0.306 e. The molecule has 0 aromatic rings. The fourth-order valence-corrected chi connectivity index (χ4v) is 9.44. The topological polar surface area (TPSA) is 78.9 Å². The van der Waals surface area contributed by atoms with E-state index in [0.29, 0.717) is 19.3 Å². The molecule has 0 saturated carbocycles. The first-order valence-electron chi connectivity index (χ1n) is 31.3. The van der Waals surface area contributed by atoms with Crippen molar-refractivity contribution < 1.29 is 28.6 Å². The second-order valence-corrected chi connectivity index (χ2v) is 21.3. The molecule has 0 radical (unpaired) electrons. The number of ether oxygens (including phenoxy) is 3. The van der Waals surface area contributed by atoms with Crippen LogP contribution in [0.5, 0.6) is 0 Å². The lowest BCUT2D eigenvalue weighted by Crippen LogP contribution is -2.30. The van der Waals surface area contributed by atoms with Crippen LogP contribution in [0.1, 0.15) is 348 Å². The molecule has 0 aromatic carbocycles. The van der Waals surface area contributed by atoms with E-state index < -0.39 is 6.10 Å². The van der Waals surface area contributed by atoms with Gasteiger partial charge in [0.2, 0.25) is 0 Å². The van der Waals surface area contributed by atoms with Gasteiger partial charge in [-0.2, -0.15) is 0 Å². The minimum atomic E-state index is -0.771. The average molecular weight is 986 g/mol. The fourth-order valence-electron chi connectivity index (χ4n) is 9.44. The molecule has 1 atom stereocenters. The van der Waals surface area contributed by atoms with Gasteiger partial charge in [-0.15, -0.1) is 0 Å². The summed E-state index contributed by atoms with van der Waals surface area (Å²) >= 11 is 0. The number of carbonyl (C=O) groups is 3. The molecule has 0 aromatic heterocycles. The van der Waals surface area contributed by atoms with Crippen LogP contribution in [0.15, 0.2) is 24.3 Å². The SMILES string of the molecule is CCCCCCCCC/C=C\CCCCCCCCCC(=O)OC(COC(=O)CCCCCCCCCCC/C=C\CCCCCCCCCC)COC(=O)CCCCCCCCCCCCCCC. The van der Waals surface area contributed by atoms with Gasteiger partial charge >= 0.3 is 17.9 Å². The van der Waals surface area contributed by atoms with Crippen molar-refractivity contribution in [2.24, 2.45) is 0 Å². The Kier molecular flexibility index (Phi) is 57.7. The molecule has 0 bridgehead atoms. The molecule has 0 aliphatic carbocycles. The number of allylic oxidation sites excluding steroid dienone is 4. The minimum absolute atomic E-state index is 0.0688. The third-order valence-electron chi connectivity index (χ3n) is 14.2. The van der Waals surface area contributed by atoms with E-state index in [1.54, 1.807) is 0 Å². The lowest BCUT2D eigenvalue weighted by atomic mass is 10.0. The zero-order valence-corrected chi connectivity index (χ0v) is 47.3. The van der Waals surface area contributed by atoms with Gasteiger partial charge in [-0.1, -0.05) is 283 Å². The Hall–Kier alpha value is -2.11. The van der Waals surface area contributed by atoms with Crippen molar-refractivity contribution in [3.05, 3.63) is 24.3 Å². The first-order chi connectivity index (χ1) is 34.5. The Labute approximate surface area is 436 Å². The lowest BCUT2D eigenvalue weighted by Gasteiger charge is -2.18. The van der Waals surface area contributed by atoms with Crippen LogP contribution in [0.25, 0.3) is 0 Å². The fraction of sp³-hybridized carbons (Fsp3) is 0.891. The lowest BCUT2D eigenvalue weighted by molar-refractivity contribution is -0.167. The maximum atomic E-state index is 12.9. The highest BCUT2D eigenvalue weighted by Crippen LogP contribution is 2.17. The molecule has 412 valence electrons. The van der Waals surface area contributed by atoms with Crippen molar-refractivity contribution in [1.29, 1.82) is 0 Å². The summed E-state index contributed by atoms with van der Waals surface area (Å²) in [4.78, 5) is 38.2. The van der Waals surface area contributed by atoms with E-state index in [1.807, 2.05) is 0 Å². The van der Waals surface area contributed by atoms with Crippen molar-refractivity contribution in [3.63, 3.8) is 0 Å². The van der Waals surface area contributed by atoms with Gasteiger partial charge in [-0.05, 0) is 70.6 Å². The first kappa shape index (κ1) is 67.9. The molecular formula is C64H120O6. The molecule has 6 nitrogen and oxygen atoms in total. The van der Waals surface area contributed by atoms with Gasteiger partial charge in [0.25, 0.3) is 0 Å². The van der Waals surface area contributed by atoms with Gasteiger partial charge in [0.1, 0.15) is 13.2 Å². The summed E-state index contributed by atoms with van der Waals surface area (Å²) < 4.78 is 16.9. The number of hydrogen-bond donors (Lipinski definition) is 0. The molecule has 0 heterocycles. The normalized spacial score (nSPS) is 12.1. The highest BCUT2D eigenvalue weighted by atomic mass is 16.6. The highest BCUT2D eigenvalue weighted by Gasteiger charge is 2.19. The number of esters is 3. The summed E-state index contributed by atoms with van der Waals surface area (Å²) in [7, 11) is 0. The molecule has 70 heavy (non-hydrogen) atoms. The quantitative estimate of drug-likeness (QED) is 0.0261. The molecule has 6 heteroatoms. The van der Waals surface area contributed by atoms with E-state index in [9.17, 15) is 14.4 Å². The van der Waals surface area contributed by atoms with Crippen LogP contribution >= 0.6 is 0 Å². The van der Waals surface area contributed by atoms with Crippen LogP contribution in [-0.2, 0) is 28.6 Å². The molecule has 0 saturated heterocycles. The molecule has 0 amide bonds. The second-order valence-electron chi connectivity index (χ2n) is 21.3. The van der Waals surface area contributed by atoms with Crippen LogP contribution in [0.4, 0.5) is 0 Å². The van der Waals surface area contributed by atoms with Crippen LogP contribution in [0.3, 0.4) is 0 Å². The van der Waals surface area contributed by atoms with Gasteiger partial charge in [0.05, 0.1) is 0 Å². The monoisotopic (exact) mass is 985 g/mol. The van der Waals surface area contributed by atoms with E-state index in [2.05, 4.69) is 45.1 Å². The van der Waals surface area contributed by atoms with Crippen LogP contribution in [0, 0.1) is 0 Å². The van der Waals surface area contributed by atoms with Crippen LogP contribution in [0.2, 0.25) is 0 Å². The van der Waals surface area contributed by atoms with Gasteiger partial charge in [-0.25, -0.2) is 0 Å². The molecule has 0 fully saturated rings. The molecule has 0 aliphatic heterocycles. The number of unbranched alkanes of at least 4 members (excludes halogenated alkanes) is 43. The summed E-state index contributed by atoms with van der Waals surface area (Å²) in [5, 5.41) is 0. The first-order valence-corrected chi connectivity index (χ1v) is 31.3. The Morgan fingerprint density at radius 1 is 0.271 bits per heavy atom. The van der Waals surface area contributed by atoms with Gasteiger partial charge in [-0.3, -0.25) is 14.4 Å². The Bertz CT molecular complexity index is 1130. The summed E-state index contributed by atoms with van der Waals surface area (Å²) in [5.41, 5.74) is 0. The largest absolute Gasteiger partial charge is 0.462 e. The predicted octanol–water partition coefficient (Wildman–Crippen LogP) is 21.1. The van der Waals surface area contributed by atoms with Crippen molar-refractivity contribution in [3.8, 4) is 0 Å². The summed E-state index contributed by atoms with van der Waals surface area (Å²) in [6.07, 6.45) is 70.3. The third-order valence-corrected chi connectivity index (χ3v) is 14.2. The minimum Gasteiger partial charge on any atom is -0.462 e. The van der Waals surface area contributed by atoms with Crippen molar-refractivity contribution in [2.75, 3.05) is 13.2 Å². The molecular weight excluding hydrogens is 865 g/mol. The van der Waals surface area contributed by atoms with E-state index in [-0.39, 0.29) is 31.1 Å². The van der Waals surface area contributed by atoms with Crippen molar-refractivity contribution in [2.45, 2.75) is 354 Å². The standard InChI is InChI=1S/C64H120O6/c1-4-7-10-13-16-19-22-25-27-29-31-32-33-35-36-39-42-45-48-51-54-57-63(66)69-60-61(59-68-62(65)56-53-50-47-44-41-38-24-21-18-15-12-9-6-3)70-64(67)58-55-52-49-46-43-40-37-34-30-28-26-23-20-17-14-11-8-5-2/h28-31,61H,4-27,32-60H2,1-3H3/b30-28-,31-29-. The van der Waals surface area contributed by atoms with Crippen molar-refractivity contribution in [1.82, 2.24) is 0 Å². The zero-order chi connectivity index (χ0) is 50.7. The van der Waals surface area contributed by atoms with Crippen LogP contribution < -0.4 is 0 Å². The van der Waals surface area contributed by atoms with Gasteiger partial charge < -0.3 is 14.2 Å². The van der Waals surface area contributed by atoms with Gasteiger partial charge in [0, 0.05) is 19.3 Å². The van der Waals surface area contributed by atoms with E-state index in [4.69, 9.17) is 14.2 Å². The molecule has 1 unspecified atom stereocenters. The van der Waals surface area contributed by atoms with Gasteiger partial charge in [0.15, 0.2) is 6.10 Å². The molecule has 0 rings (SSSR count).